The van der Waals surface area contributed by atoms with Gasteiger partial charge in [-0.3, -0.25) is 0 Å². The lowest BCUT2D eigenvalue weighted by Gasteiger charge is -2.06. The van der Waals surface area contributed by atoms with Crippen LogP contribution < -0.4 is 10.1 Å². The number of nitrogens with one attached hydrogen (secondary N) is 1. The molecule has 0 aliphatic carbocycles. The summed E-state index contributed by atoms with van der Waals surface area (Å²) in [6.07, 6.45) is 3.59. The van der Waals surface area contributed by atoms with E-state index < -0.39 is 0 Å². The van der Waals surface area contributed by atoms with Gasteiger partial charge in [-0.05, 0) is 24.5 Å². The first kappa shape index (κ1) is 12.3. The second kappa shape index (κ2) is 4.54. The summed E-state index contributed by atoms with van der Waals surface area (Å²) in [4.78, 5) is 5.42. The molecule has 1 N–H and O–H groups in total. The van der Waals surface area contributed by atoms with Gasteiger partial charge >= 0.3 is 0 Å². The summed E-state index contributed by atoms with van der Waals surface area (Å²) in [5, 5.41) is 8.36. The Bertz CT molecular complexity index is 768. The quantitative estimate of drug-likeness (QED) is 0.729. The van der Waals surface area contributed by atoms with Gasteiger partial charge in [0.2, 0.25) is 11.2 Å². The van der Waals surface area contributed by atoms with E-state index >= 15 is 0 Å². The molecule has 0 amide bonds. The van der Waals surface area contributed by atoms with Gasteiger partial charge in [-0.1, -0.05) is 34.7 Å². The second-order valence-electron chi connectivity index (χ2n) is 4.25. The number of imidazole rings is 1. The van der Waals surface area contributed by atoms with Crippen molar-refractivity contribution in [2.75, 3.05) is 11.6 Å². The maximum atomic E-state index is 5.97. The molecule has 0 saturated heterocycles. The first-order chi connectivity index (χ1) is 9.72. The molecule has 2 aromatic heterocycles. The van der Waals surface area contributed by atoms with Crippen molar-refractivity contribution in [3.05, 3.63) is 35.1 Å². The predicted molar refractivity (Wildman–Crippen MR) is 81.1 cm³/mol. The van der Waals surface area contributed by atoms with Crippen LogP contribution in [0.2, 0.25) is 5.02 Å². The summed E-state index contributed by atoms with van der Waals surface area (Å²) in [5.74, 6) is 0.786. The first-order valence-corrected chi connectivity index (χ1v) is 8.28. The summed E-state index contributed by atoms with van der Waals surface area (Å²) in [5.41, 5.74) is 1.69. The molecular formula is C12H9ClN4OS2. The van der Waals surface area contributed by atoms with Gasteiger partial charge < -0.3 is 10.1 Å². The molecule has 0 saturated carbocycles. The third kappa shape index (κ3) is 1.93. The molecule has 1 unspecified atom stereocenters. The summed E-state index contributed by atoms with van der Waals surface area (Å²) < 4.78 is 8.61. The standard InChI is InChI=1S/C12H9ClN4OS2/c1-19-12-16-17-5-8(15-11(17)20-12)10-14-7-4-6(13)2-3-9(7)18-10/h2-5,10,14H,1H3. The van der Waals surface area contributed by atoms with Gasteiger partial charge in [0.15, 0.2) is 4.34 Å². The largest absolute Gasteiger partial charge is 0.463 e. The molecule has 3 heterocycles. The topological polar surface area (TPSA) is 51.5 Å². The molecule has 0 radical (unpaired) electrons. The van der Waals surface area contributed by atoms with Crippen LogP contribution in [0, 0.1) is 0 Å². The van der Waals surface area contributed by atoms with Gasteiger partial charge in [-0.2, -0.15) is 0 Å². The average molecular weight is 325 g/mol. The molecule has 0 spiro atoms. The Kier molecular flexibility index (Phi) is 2.80. The van der Waals surface area contributed by atoms with Crippen LogP contribution >= 0.6 is 34.7 Å². The highest BCUT2D eigenvalue weighted by Gasteiger charge is 2.26. The van der Waals surface area contributed by atoms with Crippen molar-refractivity contribution in [3.8, 4) is 5.75 Å². The number of halogens is 1. The van der Waals surface area contributed by atoms with Crippen LogP contribution in [0.4, 0.5) is 5.69 Å². The monoisotopic (exact) mass is 324 g/mol. The predicted octanol–water partition coefficient (Wildman–Crippen LogP) is 3.67. The Hall–Kier alpha value is -1.44. The minimum atomic E-state index is -0.296. The van der Waals surface area contributed by atoms with Gasteiger partial charge in [0, 0.05) is 5.02 Å². The number of hydrogen-bond donors (Lipinski definition) is 1. The molecule has 1 aliphatic rings. The Labute approximate surface area is 127 Å². The van der Waals surface area contributed by atoms with Crippen molar-refractivity contribution >= 4 is 45.3 Å². The van der Waals surface area contributed by atoms with E-state index in [1.54, 1.807) is 27.6 Å². The summed E-state index contributed by atoms with van der Waals surface area (Å²) >= 11 is 9.15. The number of anilines is 1. The van der Waals surface area contributed by atoms with E-state index in [9.17, 15) is 0 Å². The Morgan fingerprint density at radius 2 is 2.40 bits per heavy atom. The fraction of sp³-hybridized carbons (Fsp3) is 0.167. The van der Waals surface area contributed by atoms with E-state index in [1.807, 2.05) is 30.7 Å². The van der Waals surface area contributed by atoms with E-state index in [2.05, 4.69) is 15.4 Å². The van der Waals surface area contributed by atoms with Gasteiger partial charge in [0.1, 0.15) is 11.4 Å². The molecule has 8 heteroatoms. The third-order valence-corrected chi connectivity index (χ3v) is 5.09. The summed E-state index contributed by atoms with van der Waals surface area (Å²) in [6, 6.07) is 5.51. The number of benzene rings is 1. The summed E-state index contributed by atoms with van der Waals surface area (Å²) in [7, 11) is 0. The highest BCUT2D eigenvalue weighted by atomic mass is 35.5. The second-order valence-corrected chi connectivity index (χ2v) is 6.69. The highest BCUT2D eigenvalue weighted by Crippen LogP contribution is 2.39. The molecule has 5 nitrogen and oxygen atoms in total. The zero-order chi connectivity index (χ0) is 13.7. The van der Waals surface area contributed by atoms with Crippen LogP contribution in [0.3, 0.4) is 0 Å². The van der Waals surface area contributed by atoms with Crippen molar-refractivity contribution in [1.82, 2.24) is 14.6 Å². The van der Waals surface area contributed by atoms with E-state index in [0.29, 0.717) is 5.02 Å². The molecule has 20 heavy (non-hydrogen) atoms. The van der Waals surface area contributed by atoms with Crippen molar-refractivity contribution in [1.29, 1.82) is 0 Å². The number of ether oxygens (including phenoxy) is 1. The lowest BCUT2D eigenvalue weighted by molar-refractivity contribution is 0.255. The molecule has 1 aliphatic heterocycles. The number of fused-ring (bicyclic) bond motifs is 2. The Morgan fingerprint density at radius 3 is 3.20 bits per heavy atom. The fourth-order valence-electron chi connectivity index (χ4n) is 2.06. The highest BCUT2D eigenvalue weighted by molar-refractivity contribution is 8.00. The van der Waals surface area contributed by atoms with E-state index in [1.165, 1.54) is 0 Å². The number of thioether (sulfide) groups is 1. The normalized spacial score (nSPS) is 17.0. The minimum absolute atomic E-state index is 0.296. The molecule has 0 bridgehead atoms. The van der Waals surface area contributed by atoms with Crippen LogP contribution in [-0.2, 0) is 0 Å². The number of rotatable bonds is 2. The van der Waals surface area contributed by atoms with Crippen molar-refractivity contribution < 1.29 is 4.74 Å². The SMILES string of the molecule is CSc1nn2cc(C3Nc4cc(Cl)ccc4O3)nc2s1. The van der Waals surface area contributed by atoms with Crippen LogP contribution in [-0.4, -0.2) is 20.9 Å². The van der Waals surface area contributed by atoms with Crippen LogP contribution in [0.15, 0.2) is 28.7 Å². The Balaban J connectivity index is 1.66. The third-order valence-electron chi connectivity index (χ3n) is 2.96. The number of aromatic nitrogens is 3. The van der Waals surface area contributed by atoms with E-state index in [-0.39, 0.29) is 6.23 Å². The van der Waals surface area contributed by atoms with Crippen molar-refractivity contribution in [3.63, 3.8) is 0 Å². The molecule has 1 atom stereocenters. The molecule has 1 aromatic carbocycles. The van der Waals surface area contributed by atoms with Gasteiger partial charge in [0.05, 0.1) is 11.9 Å². The van der Waals surface area contributed by atoms with Crippen molar-refractivity contribution in [2.24, 2.45) is 0 Å². The van der Waals surface area contributed by atoms with Crippen molar-refractivity contribution in [2.45, 2.75) is 10.6 Å². The molecule has 3 aromatic rings. The van der Waals surface area contributed by atoms with Gasteiger partial charge in [0.25, 0.3) is 0 Å². The zero-order valence-electron chi connectivity index (χ0n) is 10.3. The fourth-order valence-corrected chi connectivity index (χ4v) is 3.58. The smallest absolute Gasteiger partial charge is 0.215 e. The Morgan fingerprint density at radius 1 is 1.50 bits per heavy atom. The molecule has 102 valence electrons. The molecule has 0 fully saturated rings. The van der Waals surface area contributed by atoms with E-state index in [4.69, 9.17) is 16.3 Å². The number of nitrogens with zero attached hydrogens (tertiary/aromatic N) is 3. The lowest BCUT2D eigenvalue weighted by Crippen LogP contribution is -2.10. The van der Waals surface area contributed by atoms with Crippen LogP contribution in [0.25, 0.3) is 4.96 Å². The first-order valence-electron chi connectivity index (χ1n) is 5.86. The van der Waals surface area contributed by atoms with E-state index in [0.717, 1.165) is 26.4 Å². The molecule has 4 rings (SSSR count). The summed E-state index contributed by atoms with van der Waals surface area (Å²) in [6.45, 7) is 0. The maximum Gasteiger partial charge on any atom is 0.215 e. The zero-order valence-corrected chi connectivity index (χ0v) is 12.7. The van der Waals surface area contributed by atoms with Crippen LogP contribution in [0.5, 0.6) is 5.75 Å². The minimum Gasteiger partial charge on any atom is -0.463 e. The van der Waals surface area contributed by atoms with Gasteiger partial charge in [-0.15, -0.1) is 5.10 Å². The average Bonchev–Trinajstić information content (AvgIpc) is 3.08. The number of hydrogen-bond acceptors (Lipinski definition) is 6. The maximum absolute atomic E-state index is 5.97. The molecular weight excluding hydrogens is 316 g/mol. The van der Waals surface area contributed by atoms with Gasteiger partial charge in [-0.25, -0.2) is 9.50 Å². The van der Waals surface area contributed by atoms with Crippen LogP contribution in [0.1, 0.15) is 11.9 Å². The lowest BCUT2D eigenvalue weighted by atomic mass is 10.3.